The lowest BCUT2D eigenvalue weighted by Gasteiger charge is -2.16. The van der Waals surface area contributed by atoms with E-state index in [2.05, 4.69) is 157 Å². The molecule has 2 nitrogen and oxygen atoms in total. The van der Waals surface area contributed by atoms with Crippen LogP contribution in [0.25, 0.3) is 103 Å². The molecule has 0 amide bonds. The Morgan fingerprint density at radius 3 is 1.29 bits per heavy atom. The van der Waals surface area contributed by atoms with E-state index in [-0.39, 0.29) is 0 Å². The van der Waals surface area contributed by atoms with Crippen LogP contribution in [0, 0.1) is 17.9 Å². The van der Waals surface area contributed by atoms with Crippen molar-refractivity contribution in [3.63, 3.8) is 0 Å². The Hall–Kier alpha value is -7.26. The highest BCUT2D eigenvalue weighted by molar-refractivity contribution is 6.22. The first-order chi connectivity index (χ1) is 25.7. The van der Waals surface area contributed by atoms with Gasteiger partial charge in [-0.3, -0.25) is 0 Å². The van der Waals surface area contributed by atoms with E-state index >= 15 is 0 Å². The molecule has 0 N–H and O–H groups in total. The van der Waals surface area contributed by atoms with Gasteiger partial charge in [-0.2, -0.15) is 5.26 Å². The molecule has 0 radical (unpaired) electrons. The van der Waals surface area contributed by atoms with Crippen LogP contribution in [0.5, 0.6) is 0 Å². The molecule has 0 saturated heterocycles. The van der Waals surface area contributed by atoms with E-state index < -0.39 is 0 Å². The second kappa shape index (κ2) is 11.7. The van der Waals surface area contributed by atoms with E-state index in [1.54, 1.807) is 0 Å². The lowest BCUT2D eigenvalue weighted by molar-refractivity contribution is 1.48. The minimum atomic E-state index is 0.557. The fraction of sp³-hybridized carbons (Fsp3) is 0. The molecule has 0 fully saturated rings. The lowest BCUT2D eigenvalue weighted by Crippen LogP contribution is -1.90. The Labute approximate surface area is 300 Å². The molecule has 0 aliphatic heterocycles. The van der Waals surface area contributed by atoms with Crippen molar-refractivity contribution in [3.05, 3.63) is 187 Å². The van der Waals surface area contributed by atoms with Crippen LogP contribution >= 0.6 is 0 Å². The van der Waals surface area contributed by atoms with Crippen molar-refractivity contribution in [2.24, 2.45) is 0 Å². The number of fused-ring (bicyclic) bond motifs is 10. The molecule has 10 aromatic carbocycles. The van der Waals surface area contributed by atoms with E-state index in [9.17, 15) is 5.26 Å². The van der Waals surface area contributed by atoms with Gasteiger partial charge in [-0.25, -0.2) is 4.85 Å². The fourth-order valence-corrected chi connectivity index (χ4v) is 8.21. The van der Waals surface area contributed by atoms with Crippen molar-refractivity contribution < 1.29 is 0 Å². The minimum Gasteiger partial charge on any atom is -0.238 e. The molecule has 0 aromatic heterocycles. The van der Waals surface area contributed by atoms with Crippen molar-refractivity contribution in [2.75, 3.05) is 0 Å². The highest BCUT2D eigenvalue weighted by Crippen LogP contribution is 2.43. The molecule has 0 aliphatic carbocycles. The molecule has 238 valence electrons. The Morgan fingerprint density at radius 2 is 0.769 bits per heavy atom. The van der Waals surface area contributed by atoms with Crippen molar-refractivity contribution in [2.45, 2.75) is 0 Å². The molecule has 0 aliphatic rings. The van der Waals surface area contributed by atoms with E-state index in [1.165, 1.54) is 53.9 Å². The average Bonchev–Trinajstić information content (AvgIpc) is 3.22. The third-order valence-electron chi connectivity index (χ3n) is 10.6. The maximum Gasteiger partial charge on any atom is 0.188 e. The number of hydrogen-bond acceptors (Lipinski definition) is 1. The maximum atomic E-state index is 10.3. The van der Waals surface area contributed by atoms with Gasteiger partial charge in [0.25, 0.3) is 0 Å². The molecule has 0 unspecified atom stereocenters. The van der Waals surface area contributed by atoms with Crippen molar-refractivity contribution in [3.8, 4) is 39.4 Å². The maximum absolute atomic E-state index is 10.3. The largest absolute Gasteiger partial charge is 0.238 e. The summed E-state index contributed by atoms with van der Waals surface area (Å²) in [7, 11) is 0. The molecule has 10 rings (SSSR count). The van der Waals surface area contributed by atoms with E-state index in [0.29, 0.717) is 11.3 Å². The molecule has 0 bridgehead atoms. The monoisotopic (exact) mass is 656 g/mol. The molecule has 52 heavy (non-hydrogen) atoms. The summed E-state index contributed by atoms with van der Waals surface area (Å²) in [5.74, 6) is 0. The summed E-state index contributed by atoms with van der Waals surface area (Å²) in [6.07, 6.45) is 0. The summed E-state index contributed by atoms with van der Waals surface area (Å²) < 4.78 is 0. The SMILES string of the molecule is [C-]#[N+]c1cc(-c2cc(C#N)cc(-c3cc4c5ccccc5ccc4c4ccccc34)c2)cc(-c2cc3c4ccccc4ccc3c3ccccc23)c1. The summed E-state index contributed by atoms with van der Waals surface area (Å²) >= 11 is 0. The zero-order chi connectivity index (χ0) is 34.8. The average molecular weight is 657 g/mol. The lowest BCUT2D eigenvalue weighted by atomic mass is 9.88. The standard InChI is InChI=1S/C50H28N2/c1-52-38-26-35(25-37(27-38)48-29-50-40-13-5-3-11-33(40)19-21-46(50)42-15-7-9-17-44(42)48)34-22-31(30-51)23-36(24-34)47-28-49-39-12-4-2-10-32(39)18-20-45(49)41-14-6-8-16-43(41)47/h2-29H. The molecule has 0 heterocycles. The van der Waals surface area contributed by atoms with Gasteiger partial charge < -0.3 is 0 Å². The van der Waals surface area contributed by atoms with Crippen LogP contribution in [-0.4, -0.2) is 0 Å². The van der Waals surface area contributed by atoms with Crippen molar-refractivity contribution in [1.29, 1.82) is 5.26 Å². The van der Waals surface area contributed by atoms with Gasteiger partial charge in [0.05, 0.1) is 18.2 Å². The van der Waals surface area contributed by atoms with Crippen LogP contribution in [0.3, 0.4) is 0 Å². The van der Waals surface area contributed by atoms with E-state index in [4.69, 9.17) is 6.57 Å². The Bertz CT molecular complexity index is 2990. The van der Waals surface area contributed by atoms with Crippen molar-refractivity contribution >= 4 is 70.3 Å². The predicted octanol–water partition coefficient (Wildman–Crippen LogP) is 14.0. The quantitative estimate of drug-likeness (QED) is 0.137. The van der Waals surface area contributed by atoms with Crippen LogP contribution in [-0.2, 0) is 0 Å². The molecule has 10 aromatic rings. The first-order valence-electron chi connectivity index (χ1n) is 17.4. The van der Waals surface area contributed by atoms with E-state index in [0.717, 1.165) is 44.2 Å². The highest BCUT2D eigenvalue weighted by atomic mass is 14.6. The summed E-state index contributed by atoms with van der Waals surface area (Å²) in [5.41, 5.74) is 7.03. The van der Waals surface area contributed by atoms with Gasteiger partial charge in [-0.1, -0.05) is 121 Å². The molecule has 0 atom stereocenters. The number of nitriles is 1. The zero-order valence-electron chi connectivity index (χ0n) is 28.1. The number of nitrogens with zero attached hydrogens (tertiary/aromatic N) is 2. The number of rotatable bonds is 3. The summed E-state index contributed by atoms with van der Waals surface area (Å²) in [6.45, 7) is 8.12. The molecular weight excluding hydrogens is 629 g/mol. The van der Waals surface area contributed by atoms with Crippen LogP contribution in [0.15, 0.2) is 170 Å². The third kappa shape index (κ3) is 4.64. The van der Waals surface area contributed by atoms with Crippen molar-refractivity contribution in [1.82, 2.24) is 0 Å². The number of hydrogen-bond donors (Lipinski definition) is 0. The first kappa shape index (κ1) is 29.6. The van der Waals surface area contributed by atoms with Gasteiger partial charge in [0.2, 0.25) is 0 Å². The van der Waals surface area contributed by atoms with Gasteiger partial charge in [-0.15, -0.1) is 0 Å². The molecular formula is C50H28N2. The molecule has 0 spiro atoms. The third-order valence-corrected chi connectivity index (χ3v) is 10.6. The van der Waals surface area contributed by atoms with Crippen LogP contribution < -0.4 is 0 Å². The topological polar surface area (TPSA) is 28.1 Å². The van der Waals surface area contributed by atoms with Gasteiger partial charge in [-0.05, 0) is 147 Å². The zero-order valence-corrected chi connectivity index (χ0v) is 28.1. The second-order valence-electron chi connectivity index (χ2n) is 13.5. The van der Waals surface area contributed by atoms with Gasteiger partial charge in [0.15, 0.2) is 5.69 Å². The second-order valence-corrected chi connectivity index (χ2v) is 13.5. The fourth-order valence-electron chi connectivity index (χ4n) is 8.21. The van der Waals surface area contributed by atoms with Gasteiger partial charge in [0.1, 0.15) is 0 Å². The van der Waals surface area contributed by atoms with Crippen LogP contribution in [0.4, 0.5) is 5.69 Å². The normalized spacial score (nSPS) is 11.4. The van der Waals surface area contributed by atoms with Gasteiger partial charge >= 0.3 is 0 Å². The Morgan fingerprint density at radius 1 is 0.365 bits per heavy atom. The van der Waals surface area contributed by atoms with E-state index in [1.807, 2.05) is 24.3 Å². The first-order valence-corrected chi connectivity index (χ1v) is 17.4. The van der Waals surface area contributed by atoms with Crippen LogP contribution in [0.2, 0.25) is 0 Å². The Kier molecular flexibility index (Phi) is 6.65. The summed E-state index contributed by atoms with van der Waals surface area (Å²) in [5, 5.41) is 24.6. The predicted molar refractivity (Wildman–Crippen MR) is 219 cm³/mol. The van der Waals surface area contributed by atoms with Crippen LogP contribution in [0.1, 0.15) is 5.56 Å². The summed E-state index contributed by atoms with van der Waals surface area (Å²) in [4.78, 5) is 3.95. The Balaban J connectivity index is 1.22. The number of benzene rings is 10. The summed E-state index contributed by atoms with van der Waals surface area (Å²) in [6, 6.07) is 62.2. The minimum absolute atomic E-state index is 0.557. The molecule has 0 saturated carbocycles. The smallest absolute Gasteiger partial charge is 0.188 e. The highest BCUT2D eigenvalue weighted by Gasteiger charge is 2.16. The molecule has 2 heteroatoms. The van der Waals surface area contributed by atoms with Gasteiger partial charge in [0, 0.05) is 0 Å².